The maximum Gasteiger partial charge on any atom is 0.327 e. The molecular formula is C13H16N2O3S. The number of benzene rings is 1. The summed E-state index contributed by atoms with van der Waals surface area (Å²) >= 11 is 1.47. The van der Waals surface area contributed by atoms with Gasteiger partial charge in [-0.05, 0) is 18.1 Å². The molecule has 1 saturated heterocycles. The zero-order valence-electron chi connectivity index (χ0n) is 10.4. The van der Waals surface area contributed by atoms with Crippen LogP contribution in [0, 0.1) is 0 Å². The van der Waals surface area contributed by atoms with Crippen LogP contribution in [0.5, 0.6) is 0 Å². The highest BCUT2D eigenvalue weighted by Crippen LogP contribution is 2.22. The van der Waals surface area contributed by atoms with Crippen LogP contribution in [-0.4, -0.2) is 39.6 Å². The number of carboxylic acids is 1. The summed E-state index contributed by atoms with van der Waals surface area (Å²) in [5, 5.41) is 9.03. The van der Waals surface area contributed by atoms with Gasteiger partial charge in [-0.3, -0.25) is 4.79 Å². The van der Waals surface area contributed by atoms with E-state index < -0.39 is 12.0 Å². The molecule has 0 radical (unpaired) electrons. The molecule has 1 atom stereocenters. The van der Waals surface area contributed by atoms with Crippen molar-refractivity contribution in [1.82, 2.24) is 4.90 Å². The third kappa shape index (κ3) is 3.20. The number of hydrogen-bond acceptors (Lipinski definition) is 4. The lowest BCUT2D eigenvalue weighted by Crippen LogP contribution is -2.41. The van der Waals surface area contributed by atoms with Crippen molar-refractivity contribution in [2.75, 3.05) is 17.4 Å². The van der Waals surface area contributed by atoms with Gasteiger partial charge in [-0.1, -0.05) is 18.2 Å². The molecule has 102 valence electrons. The maximum absolute atomic E-state index is 12.1. The molecule has 1 aliphatic heterocycles. The third-order valence-corrected chi connectivity index (χ3v) is 4.16. The average molecular weight is 280 g/mol. The Morgan fingerprint density at radius 2 is 2.16 bits per heavy atom. The van der Waals surface area contributed by atoms with Crippen molar-refractivity contribution in [1.29, 1.82) is 0 Å². The van der Waals surface area contributed by atoms with Gasteiger partial charge in [-0.15, -0.1) is 11.8 Å². The Kier molecular flexibility index (Phi) is 4.31. The number of hydrogen-bond donors (Lipinski definition) is 2. The molecule has 0 spiro atoms. The van der Waals surface area contributed by atoms with Gasteiger partial charge in [-0.25, -0.2) is 4.79 Å². The van der Waals surface area contributed by atoms with Crippen molar-refractivity contribution in [3.63, 3.8) is 0 Å². The predicted octanol–water partition coefficient (Wildman–Crippen LogP) is 1.19. The summed E-state index contributed by atoms with van der Waals surface area (Å²) in [6.45, 7) is 0. The quantitative estimate of drug-likeness (QED) is 0.809. The first-order valence-corrected chi connectivity index (χ1v) is 7.18. The Hall–Kier alpha value is -1.69. The molecule has 19 heavy (non-hydrogen) atoms. The second-order valence-electron chi connectivity index (χ2n) is 4.42. The van der Waals surface area contributed by atoms with E-state index in [1.165, 1.54) is 16.7 Å². The van der Waals surface area contributed by atoms with Gasteiger partial charge in [0.15, 0.2) is 0 Å². The monoisotopic (exact) mass is 280 g/mol. The fraction of sp³-hybridized carbons (Fsp3) is 0.385. The van der Waals surface area contributed by atoms with E-state index in [0.29, 0.717) is 30.2 Å². The summed E-state index contributed by atoms with van der Waals surface area (Å²) in [6.07, 6.45) is 0.831. The van der Waals surface area contributed by atoms with E-state index in [1.807, 2.05) is 18.2 Å². The molecule has 1 aliphatic rings. The van der Waals surface area contributed by atoms with Crippen LogP contribution >= 0.6 is 11.8 Å². The van der Waals surface area contributed by atoms with E-state index in [1.54, 1.807) is 6.07 Å². The lowest BCUT2D eigenvalue weighted by atomic mass is 10.1. The number of rotatable bonds is 4. The van der Waals surface area contributed by atoms with Crippen LogP contribution in [-0.2, 0) is 16.0 Å². The maximum atomic E-state index is 12.1. The highest BCUT2D eigenvalue weighted by atomic mass is 32.2. The summed E-state index contributed by atoms with van der Waals surface area (Å²) in [6, 6.07) is 6.72. The number of anilines is 1. The van der Waals surface area contributed by atoms with E-state index >= 15 is 0 Å². The van der Waals surface area contributed by atoms with Crippen LogP contribution in [0.1, 0.15) is 12.0 Å². The van der Waals surface area contributed by atoms with Gasteiger partial charge in [-0.2, -0.15) is 0 Å². The molecule has 2 rings (SSSR count). The van der Waals surface area contributed by atoms with Crippen LogP contribution in [0.4, 0.5) is 5.69 Å². The second-order valence-corrected chi connectivity index (χ2v) is 5.42. The van der Waals surface area contributed by atoms with E-state index in [9.17, 15) is 9.59 Å². The Bertz CT molecular complexity index is 493. The molecule has 3 N–H and O–H groups in total. The minimum Gasteiger partial charge on any atom is -0.480 e. The molecule has 0 unspecified atom stereocenters. The number of nitrogens with zero attached hydrogens (tertiary/aromatic N) is 1. The van der Waals surface area contributed by atoms with Gasteiger partial charge >= 0.3 is 5.97 Å². The largest absolute Gasteiger partial charge is 0.480 e. The van der Waals surface area contributed by atoms with E-state index in [-0.39, 0.29) is 5.91 Å². The smallest absolute Gasteiger partial charge is 0.327 e. The zero-order valence-corrected chi connectivity index (χ0v) is 11.2. The molecule has 0 aliphatic carbocycles. The highest BCUT2D eigenvalue weighted by Gasteiger charge is 2.34. The van der Waals surface area contributed by atoms with E-state index in [0.717, 1.165) is 5.56 Å². The molecule has 1 aromatic rings. The fourth-order valence-electron chi connectivity index (χ4n) is 2.04. The normalized spacial score (nSPS) is 18.5. The SMILES string of the molecule is Nc1ccccc1CCC(=O)N1CSC[C@H]1C(=O)O. The number of para-hydroxylation sites is 1. The average Bonchev–Trinajstić information content (AvgIpc) is 2.87. The van der Waals surface area contributed by atoms with Crippen LogP contribution < -0.4 is 5.73 Å². The zero-order chi connectivity index (χ0) is 13.8. The molecule has 0 saturated carbocycles. The number of carbonyl (C=O) groups excluding carboxylic acids is 1. The number of carbonyl (C=O) groups is 2. The highest BCUT2D eigenvalue weighted by molar-refractivity contribution is 7.99. The molecule has 0 bridgehead atoms. The van der Waals surface area contributed by atoms with Gasteiger partial charge in [0.2, 0.25) is 5.91 Å². The van der Waals surface area contributed by atoms with Gasteiger partial charge in [0.05, 0.1) is 5.88 Å². The first-order valence-electron chi connectivity index (χ1n) is 6.03. The van der Waals surface area contributed by atoms with Crippen LogP contribution in [0.2, 0.25) is 0 Å². The molecule has 5 nitrogen and oxygen atoms in total. The molecule has 1 heterocycles. The Morgan fingerprint density at radius 3 is 2.84 bits per heavy atom. The number of nitrogen functional groups attached to an aromatic ring is 1. The van der Waals surface area contributed by atoms with Gasteiger partial charge in [0.1, 0.15) is 6.04 Å². The Balaban J connectivity index is 1.95. The molecular weight excluding hydrogens is 264 g/mol. The van der Waals surface area contributed by atoms with Crippen molar-refractivity contribution >= 4 is 29.3 Å². The third-order valence-electron chi connectivity index (χ3n) is 3.15. The lowest BCUT2D eigenvalue weighted by Gasteiger charge is -2.20. The summed E-state index contributed by atoms with van der Waals surface area (Å²) in [5.74, 6) is -0.132. The minimum atomic E-state index is -0.933. The van der Waals surface area contributed by atoms with Crippen LogP contribution in [0.25, 0.3) is 0 Å². The Labute approximate surface area is 115 Å². The van der Waals surface area contributed by atoms with Crippen molar-refractivity contribution in [2.45, 2.75) is 18.9 Å². The number of thioether (sulfide) groups is 1. The lowest BCUT2D eigenvalue weighted by molar-refractivity contribution is -0.147. The second kappa shape index (κ2) is 5.97. The number of carboxylic acid groups (broad SMARTS) is 1. The van der Waals surface area contributed by atoms with Crippen LogP contribution in [0.3, 0.4) is 0 Å². The number of nitrogens with two attached hydrogens (primary N) is 1. The predicted molar refractivity (Wildman–Crippen MR) is 74.8 cm³/mol. The molecule has 0 aromatic heterocycles. The first kappa shape index (κ1) is 13.7. The molecule has 1 fully saturated rings. The number of aryl methyl sites for hydroxylation is 1. The van der Waals surface area contributed by atoms with Gasteiger partial charge in [0.25, 0.3) is 0 Å². The Morgan fingerprint density at radius 1 is 1.42 bits per heavy atom. The molecule has 1 amide bonds. The number of aliphatic carboxylic acids is 1. The van der Waals surface area contributed by atoms with Crippen molar-refractivity contribution in [2.24, 2.45) is 0 Å². The van der Waals surface area contributed by atoms with Gasteiger partial charge < -0.3 is 15.7 Å². The number of amides is 1. The molecule has 1 aromatic carbocycles. The van der Waals surface area contributed by atoms with E-state index in [2.05, 4.69) is 0 Å². The van der Waals surface area contributed by atoms with Gasteiger partial charge in [0, 0.05) is 17.9 Å². The van der Waals surface area contributed by atoms with Crippen LogP contribution in [0.15, 0.2) is 24.3 Å². The minimum absolute atomic E-state index is 0.124. The topological polar surface area (TPSA) is 83.6 Å². The van der Waals surface area contributed by atoms with Crippen molar-refractivity contribution < 1.29 is 14.7 Å². The van der Waals surface area contributed by atoms with E-state index in [4.69, 9.17) is 10.8 Å². The summed E-state index contributed by atoms with van der Waals surface area (Å²) in [5.41, 5.74) is 7.41. The summed E-state index contributed by atoms with van der Waals surface area (Å²) in [4.78, 5) is 24.5. The van der Waals surface area contributed by atoms with Crippen molar-refractivity contribution in [3.8, 4) is 0 Å². The fourth-order valence-corrected chi connectivity index (χ4v) is 3.21. The van der Waals surface area contributed by atoms with Crippen molar-refractivity contribution in [3.05, 3.63) is 29.8 Å². The standard InChI is InChI=1S/C13H16N2O3S/c14-10-4-2-1-3-9(10)5-6-12(16)15-8-19-7-11(15)13(17)18/h1-4,11H,5-8,14H2,(H,17,18)/t11-/m0/s1. The summed E-state index contributed by atoms with van der Waals surface area (Å²) in [7, 11) is 0. The summed E-state index contributed by atoms with van der Waals surface area (Å²) < 4.78 is 0. The first-order chi connectivity index (χ1) is 9.09. The molecule has 6 heteroatoms.